The Hall–Kier alpha value is -3.95. The average Bonchev–Trinajstić information content (AvgIpc) is 3.32. The van der Waals surface area contributed by atoms with E-state index in [9.17, 15) is 13.6 Å². The molecule has 146 valence electrons. The molecule has 0 spiro atoms. The molecule has 3 N–H and O–H groups in total. The number of ether oxygens (including phenoxy) is 2. The summed E-state index contributed by atoms with van der Waals surface area (Å²) in [5.74, 6) is -1.27. The number of carbonyl (C=O) groups excluding carboxylic acids is 1. The fourth-order valence-electron chi connectivity index (χ4n) is 3.13. The second-order valence-corrected chi connectivity index (χ2v) is 6.31. The summed E-state index contributed by atoms with van der Waals surface area (Å²) in [5.41, 5.74) is 1.21. The van der Waals surface area contributed by atoms with Crippen LogP contribution in [0.1, 0.15) is 10.4 Å². The summed E-state index contributed by atoms with van der Waals surface area (Å²) in [6.45, 7) is 0.919. The number of aromatic amines is 2. The molecule has 0 fully saturated rings. The number of anilines is 1. The van der Waals surface area contributed by atoms with Crippen LogP contribution in [0.2, 0.25) is 0 Å². The molecule has 0 bridgehead atoms. The van der Waals surface area contributed by atoms with Crippen LogP contribution in [0.25, 0.3) is 22.6 Å². The molecule has 2 aromatic heterocycles. The zero-order chi connectivity index (χ0) is 20.0. The van der Waals surface area contributed by atoms with Gasteiger partial charge in [0.1, 0.15) is 36.1 Å². The van der Waals surface area contributed by atoms with E-state index in [4.69, 9.17) is 9.47 Å². The fraction of sp³-hybridized carbons (Fsp3) is 0.105. The molecule has 10 heteroatoms. The molecule has 1 aliphatic heterocycles. The maximum absolute atomic E-state index is 13.9. The Kier molecular flexibility index (Phi) is 3.90. The zero-order valence-corrected chi connectivity index (χ0v) is 14.8. The van der Waals surface area contributed by atoms with Gasteiger partial charge < -0.3 is 19.8 Å². The standard InChI is InChI=1S/C19H13F2N5O3/c20-9-2-1-3-10(21)16(9)19(27)25-13-8-22-26-17(13)18-23-11-6-14-15(7-12(11)24-18)29-5-4-28-14/h1-3,6-8H,4-5H2,(H,22,26)(H,23,24)(H,25,27). The third kappa shape index (κ3) is 2.94. The van der Waals surface area contributed by atoms with Crippen molar-refractivity contribution in [3.8, 4) is 23.0 Å². The van der Waals surface area contributed by atoms with Crippen molar-refractivity contribution in [3.63, 3.8) is 0 Å². The van der Waals surface area contributed by atoms with E-state index in [1.807, 2.05) is 0 Å². The number of imidazole rings is 1. The van der Waals surface area contributed by atoms with Gasteiger partial charge in [-0.3, -0.25) is 9.89 Å². The summed E-state index contributed by atoms with van der Waals surface area (Å²) in [6, 6.07) is 6.72. The Morgan fingerprint density at radius 2 is 1.83 bits per heavy atom. The number of aromatic nitrogens is 4. The van der Waals surface area contributed by atoms with Crippen molar-refractivity contribution in [2.24, 2.45) is 0 Å². The second kappa shape index (κ2) is 6.59. The minimum atomic E-state index is -0.957. The van der Waals surface area contributed by atoms with Gasteiger partial charge in [0.25, 0.3) is 5.91 Å². The Bertz CT molecular complexity index is 1190. The van der Waals surface area contributed by atoms with E-state index >= 15 is 0 Å². The van der Waals surface area contributed by atoms with Crippen molar-refractivity contribution in [2.75, 3.05) is 18.5 Å². The molecule has 0 radical (unpaired) electrons. The summed E-state index contributed by atoms with van der Waals surface area (Å²) < 4.78 is 38.9. The summed E-state index contributed by atoms with van der Waals surface area (Å²) >= 11 is 0. The minimum Gasteiger partial charge on any atom is -0.486 e. The first-order valence-corrected chi connectivity index (χ1v) is 8.68. The Morgan fingerprint density at radius 3 is 2.59 bits per heavy atom. The van der Waals surface area contributed by atoms with E-state index < -0.39 is 23.1 Å². The van der Waals surface area contributed by atoms with Crippen LogP contribution < -0.4 is 14.8 Å². The number of halogens is 2. The summed E-state index contributed by atoms with van der Waals surface area (Å²) in [7, 11) is 0. The molecule has 0 aliphatic carbocycles. The van der Waals surface area contributed by atoms with E-state index in [0.717, 1.165) is 12.1 Å². The third-order valence-electron chi connectivity index (χ3n) is 4.46. The smallest absolute Gasteiger partial charge is 0.261 e. The molecule has 1 amide bonds. The molecule has 3 heterocycles. The van der Waals surface area contributed by atoms with Gasteiger partial charge >= 0.3 is 0 Å². The van der Waals surface area contributed by atoms with Gasteiger partial charge in [-0.25, -0.2) is 13.8 Å². The van der Waals surface area contributed by atoms with Crippen molar-refractivity contribution < 1.29 is 23.0 Å². The van der Waals surface area contributed by atoms with Crippen molar-refractivity contribution in [2.45, 2.75) is 0 Å². The first-order chi connectivity index (χ1) is 14.1. The summed E-state index contributed by atoms with van der Waals surface area (Å²) in [5, 5.41) is 9.10. The lowest BCUT2D eigenvalue weighted by Gasteiger charge is -2.17. The largest absolute Gasteiger partial charge is 0.486 e. The zero-order valence-electron chi connectivity index (χ0n) is 14.8. The average molecular weight is 397 g/mol. The van der Waals surface area contributed by atoms with Crippen LogP contribution in [0.3, 0.4) is 0 Å². The van der Waals surface area contributed by atoms with Crippen LogP contribution in [0.15, 0.2) is 36.5 Å². The predicted molar refractivity (Wildman–Crippen MR) is 99.0 cm³/mol. The van der Waals surface area contributed by atoms with Gasteiger partial charge in [0.05, 0.1) is 22.9 Å². The van der Waals surface area contributed by atoms with Crippen LogP contribution in [-0.2, 0) is 0 Å². The minimum absolute atomic E-state index is 0.217. The summed E-state index contributed by atoms with van der Waals surface area (Å²) in [6.07, 6.45) is 1.33. The lowest BCUT2D eigenvalue weighted by molar-refractivity contribution is 0.101. The lowest BCUT2D eigenvalue weighted by atomic mass is 10.2. The first-order valence-electron chi connectivity index (χ1n) is 8.68. The second-order valence-electron chi connectivity index (χ2n) is 6.31. The highest BCUT2D eigenvalue weighted by Gasteiger charge is 2.21. The number of carbonyl (C=O) groups is 1. The number of hydrogen-bond donors (Lipinski definition) is 3. The molecule has 1 aliphatic rings. The summed E-state index contributed by atoms with van der Waals surface area (Å²) in [4.78, 5) is 20.0. The number of rotatable bonds is 3. The highest BCUT2D eigenvalue weighted by atomic mass is 19.1. The van der Waals surface area contributed by atoms with Gasteiger partial charge in [-0.15, -0.1) is 0 Å². The quantitative estimate of drug-likeness (QED) is 0.492. The monoisotopic (exact) mass is 397 g/mol. The first kappa shape index (κ1) is 17.2. The number of fused-ring (bicyclic) bond motifs is 2. The maximum Gasteiger partial charge on any atom is 0.261 e. The van der Waals surface area contributed by atoms with Crippen molar-refractivity contribution in [1.29, 1.82) is 0 Å². The molecule has 8 nitrogen and oxygen atoms in total. The maximum atomic E-state index is 13.9. The van der Waals surface area contributed by atoms with E-state index in [-0.39, 0.29) is 5.69 Å². The molecular weight excluding hydrogens is 384 g/mol. The van der Waals surface area contributed by atoms with Crippen LogP contribution in [0, 0.1) is 11.6 Å². The molecule has 5 rings (SSSR count). The van der Waals surface area contributed by atoms with E-state index in [1.165, 1.54) is 12.3 Å². The molecule has 4 aromatic rings. The molecule has 0 saturated heterocycles. The van der Waals surface area contributed by atoms with Crippen LogP contribution in [0.4, 0.5) is 14.5 Å². The number of H-pyrrole nitrogens is 2. The number of benzene rings is 2. The SMILES string of the molecule is O=C(Nc1cn[nH]c1-c1nc2cc3c(cc2[nH]1)OCCO3)c1c(F)cccc1F. The molecule has 29 heavy (non-hydrogen) atoms. The van der Waals surface area contributed by atoms with Crippen molar-refractivity contribution in [1.82, 2.24) is 20.2 Å². The number of hydrogen-bond acceptors (Lipinski definition) is 5. The Morgan fingerprint density at radius 1 is 1.10 bits per heavy atom. The Labute approximate surface area is 161 Å². The lowest BCUT2D eigenvalue weighted by Crippen LogP contribution is -2.16. The van der Waals surface area contributed by atoms with Gasteiger partial charge in [-0.2, -0.15) is 5.10 Å². The number of nitrogens with one attached hydrogen (secondary N) is 3. The van der Waals surface area contributed by atoms with Crippen LogP contribution >= 0.6 is 0 Å². The van der Waals surface area contributed by atoms with Gasteiger partial charge in [-0.1, -0.05) is 6.07 Å². The normalized spacial score (nSPS) is 12.9. The van der Waals surface area contributed by atoms with Crippen molar-refractivity contribution >= 4 is 22.6 Å². The highest BCUT2D eigenvalue weighted by Crippen LogP contribution is 2.35. The van der Waals surface area contributed by atoms with E-state index in [2.05, 4.69) is 25.5 Å². The van der Waals surface area contributed by atoms with Crippen LogP contribution in [-0.4, -0.2) is 39.3 Å². The van der Waals surface area contributed by atoms with Crippen molar-refractivity contribution in [3.05, 3.63) is 53.7 Å². The molecule has 0 saturated carbocycles. The van der Waals surface area contributed by atoms with Crippen LogP contribution in [0.5, 0.6) is 11.5 Å². The van der Waals surface area contributed by atoms with Gasteiger partial charge in [-0.05, 0) is 12.1 Å². The fourth-order valence-corrected chi connectivity index (χ4v) is 3.13. The van der Waals surface area contributed by atoms with Gasteiger partial charge in [0.2, 0.25) is 0 Å². The molecule has 2 aromatic carbocycles. The Balaban J connectivity index is 1.49. The molecular formula is C19H13F2N5O3. The number of amides is 1. The molecule has 0 atom stereocenters. The topological polar surface area (TPSA) is 105 Å². The number of nitrogens with zero attached hydrogens (tertiary/aromatic N) is 2. The van der Waals surface area contributed by atoms with E-state index in [1.54, 1.807) is 12.1 Å². The van der Waals surface area contributed by atoms with E-state index in [0.29, 0.717) is 47.3 Å². The van der Waals surface area contributed by atoms with Gasteiger partial charge in [0.15, 0.2) is 17.3 Å². The van der Waals surface area contributed by atoms with Gasteiger partial charge in [0, 0.05) is 12.1 Å². The predicted octanol–water partition coefficient (Wildman–Crippen LogP) is 3.25. The highest BCUT2D eigenvalue weighted by molar-refractivity contribution is 6.06. The molecule has 0 unspecified atom stereocenters. The third-order valence-corrected chi connectivity index (χ3v) is 4.46.